The first-order valence-corrected chi connectivity index (χ1v) is 9.58. The number of carbonyl (C=O) groups is 2. The Morgan fingerprint density at radius 3 is 2.67 bits per heavy atom. The minimum absolute atomic E-state index is 0.152. The van der Waals surface area contributed by atoms with Gasteiger partial charge in [-0.1, -0.05) is 11.6 Å². The highest BCUT2D eigenvalue weighted by molar-refractivity contribution is 6.30. The third-order valence-electron chi connectivity index (χ3n) is 4.76. The number of halogens is 1. The topological polar surface area (TPSA) is 133 Å². The van der Waals surface area contributed by atoms with Gasteiger partial charge in [0, 0.05) is 19.3 Å². The smallest absolute Gasteiger partial charge is 0.404 e. The van der Waals surface area contributed by atoms with Gasteiger partial charge < -0.3 is 20.6 Å². The van der Waals surface area contributed by atoms with Gasteiger partial charge in [0.1, 0.15) is 10.7 Å². The Morgan fingerprint density at radius 2 is 1.97 bits per heavy atom. The van der Waals surface area contributed by atoms with Gasteiger partial charge in [-0.25, -0.2) is 19.7 Å². The van der Waals surface area contributed by atoms with Gasteiger partial charge in [0.25, 0.3) is 0 Å². The molecule has 3 aromatic rings. The van der Waals surface area contributed by atoms with Crippen LogP contribution >= 0.6 is 11.6 Å². The minimum atomic E-state index is -1.04. The fourth-order valence-electron chi connectivity index (χ4n) is 3.36. The maximum atomic E-state index is 12.1. The maximum absolute atomic E-state index is 12.1. The Labute approximate surface area is 176 Å². The van der Waals surface area contributed by atoms with E-state index in [1.165, 1.54) is 13.1 Å². The zero-order chi connectivity index (χ0) is 21.3. The van der Waals surface area contributed by atoms with Crippen molar-refractivity contribution in [2.45, 2.75) is 19.4 Å². The first-order valence-electron chi connectivity index (χ1n) is 9.20. The molecule has 1 aliphatic rings. The molecule has 0 radical (unpaired) electrons. The van der Waals surface area contributed by atoms with Crippen molar-refractivity contribution >= 4 is 51.8 Å². The van der Waals surface area contributed by atoms with E-state index in [-0.39, 0.29) is 11.8 Å². The average Bonchev–Trinajstić information content (AvgIpc) is 3.16. The summed E-state index contributed by atoms with van der Waals surface area (Å²) in [5, 5.41) is 14.8. The van der Waals surface area contributed by atoms with Crippen molar-refractivity contribution in [2.24, 2.45) is 0 Å². The van der Waals surface area contributed by atoms with Crippen LogP contribution in [0, 0.1) is 0 Å². The molecule has 1 saturated heterocycles. The number of carboxylic acid groups (broad SMARTS) is 1. The second-order valence-corrected chi connectivity index (χ2v) is 7.27. The number of Topliss-reactive ketones (excluding diaryl/α,β-unsaturated/α-hetero) is 1. The van der Waals surface area contributed by atoms with E-state index in [1.807, 2.05) is 4.90 Å². The van der Waals surface area contributed by atoms with Gasteiger partial charge in [-0.2, -0.15) is 0 Å². The monoisotopic (exact) mass is 427 g/mol. The van der Waals surface area contributed by atoms with Crippen LogP contribution in [0.4, 0.5) is 22.1 Å². The lowest BCUT2D eigenvalue weighted by molar-refractivity contribution is 0.101. The fourth-order valence-corrected chi connectivity index (χ4v) is 3.51. The number of hydrogen-bond acceptors (Lipinski definition) is 8. The lowest BCUT2D eigenvalue weighted by Crippen LogP contribution is -2.36. The molecule has 1 fully saturated rings. The number of carbonyl (C=O) groups excluding carboxylic acids is 1. The molecule has 10 nitrogen and oxygen atoms in total. The van der Waals surface area contributed by atoms with Crippen LogP contribution in [0.2, 0.25) is 5.15 Å². The van der Waals surface area contributed by atoms with Gasteiger partial charge in [-0.05, 0) is 25.5 Å². The van der Waals surface area contributed by atoms with Crippen LogP contribution in [0.3, 0.4) is 0 Å². The highest BCUT2D eigenvalue weighted by Crippen LogP contribution is 2.29. The summed E-state index contributed by atoms with van der Waals surface area (Å²) in [6.45, 7) is 2.61. The average molecular weight is 428 g/mol. The molecule has 154 valence electrons. The van der Waals surface area contributed by atoms with E-state index in [0.29, 0.717) is 58.6 Å². The van der Waals surface area contributed by atoms with Crippen molar-refractivity contribution in [3.05, 3.63) is 41.4 Å². The number of hydrogen-bond donors (Lipinski definition) is 3. The molecule has 1 amide bonds. The number of aromatic nitrogens is 4. The molecule has 30 heavy (non-hydrogen) atoms. The summed E-state index contributed by atoms with van der Waals surface area (Å²) in [6, 6.07) is 3.21. The van der Waals surface area contributed by atoms with E-state index in [9.17, 15) is 9.59 Å². The molecule has 4 heterocycles. The number of fused-ring (bicyclic) bond motifs is 1. The molecule has 3 N–H and O–H groups in total. The normalized spacial score (nSPS) is 15.9. The SMILES string of the molecule is CC(=O)c1cnc2ccc(Cl)nc2c1Nc1cnc(N2CCC(NC(=O)O)C2)nc1. The maximum Gasteiger partial charge on any atom is 0.404 e. The molecule has 0 saturated carbocycles. The van der Waals surface area contributed by atoms with Crippen LogP contribution in [0.5, 0.6) is 0 Å². The quantitative estimate of drug-likeness (QED) is 0.415. The third-order valence-corrected chi connectivity index (χ3v) is 4.97. The zero-order valence-corrected chi connectivity index (χ0v) is 16.7. The van der Waals surface area contributed by atoms with Gasteiger partial charge in [-0.15, -0.1) is 0 Å². The molecule has 1 aliphatic heterocycles. The van der Waals surface area contributed by atoms with E-state index in [2.05, 4.69) is 30.6 Å². The van der Waals surface area contributed by atoms with Gasteiger partial charge >= 0.3 is 6.09 Å². The van der Waals surface area contributed by atoms with Crippen LogP contribution in [-0.4, -0.2) is 56.1 Å². The van der Waals surface area contributed by atoms with Gasteiger partial charge in [-0.3, -0.25) is 9.78 Å². The summed E-state index contributed by atoms with van der Waals surface area (Å²) in [7, 11) is 0. The summed E-state index contributed by atoms with van der Waals surface area (Å²) < 4.78 is 0. The van der Waals surface area contributed by atoms with Crippen LogP contribution in [-0.2, 0) is 0 Å². The van der Waals surface area contributed by atoms with E-state index in [4.69, 9.17) is 16.7 Å². The molecular formula is C19H18ClN7O3. The first kappa shape index (κ1) is 19.8. The molecule has 1 unspecified atom stereocenters. The Hall–Kier alpha value is -3.53. The number of nitrogens with one attached hydrogen (secondary N) is 2. The summed E-state index contributed by atoms with van der Waals surface area (Å²) in [5.41, 5.74) is 2.50. The van der Waals surface area contributed by atoms with Crippen LogP contribution in [0.1, 0.15) is 23.7 Å². The van der Waals surface area contributed by atoms with Crippen molar-refractivity contribution in [1.29, 1.82) is 0 Å². The van der Waals surface area contributed by atoms with Gasteiger partial charge in [0.05, 0.1) is 40.9 Å². The number of nitrogens with zero attached hydrogens (tertiary/aromatic N) is 5. The zero-order valence-electron chi connectivity index (χ0n) is 16.0. The molecule has 11 heteroatoms. The van der Waals surface area contributed by atoms with Crippen molar-refractivity contribution < 1.29 is 14.7 Å². The lowest BCUT2D eigenvalue weighted by atomic mass is 10.1. The molecular weight excluding hydrogens is 410 g/mol. The first-order chi connectivity index (χ1) is 14.4. The third kappa shape index (κ3) is 4.08. The van der Waals surface area contributed by atoms with E-state index in [1.54, 1.807) is 24.5 Å². The molecule has 0 spiro atoms. The number of anilines is 3. The van der Waals surface area contributed by atoms with Gasteiger partial charge in [0.2, 0.25) is 5.95 Å². The summed E-state index contributed by atoms with van der Waals surface area (Å²) in [4.78, 5) is 42.1. The Morgan fingerprint density at radius 1 is 1.20 bits per heavy atom. The highest BCUT2D eigenvalue weighted by atomic mass is 35.5. The van der Waals surface area contributed by atoms with Crippen LogP contribution in [0.15, 0.2) is 30.7 Å². The second kappa shape index (κ2) is 8.07. The highest BCUT2D eigenvalue weighted by Gasteiger charge is 2.25. The second-order valence-electron chi connectivity index (χ2n) is 6.88. The molecule has 3 aromatic heterocycles. The Kier molecular flexibility index (Phi) is 5.32. The largest absolute Gasteiger partial charge is 0.465 e. The molecule has 1 atom stereocenters. The molecule has 4 rings (SSSR count). The summed E-state index contributed by atoms with van der Waals surface area (Å²) in [6.07, 6.45) is 4.34. The fraction of sp³-hybridized carbons (Fsp3) is 0.263. The lowest BCUT2D eigenvalue weighted by Gasteiger charge is -2.17. The van der Waals surface area contributed by atoms with Crippen molar-refractivity contribution in [3.63, 3.8) is 0 Å². The molecule has 0 aromatic carbocycles. The van der Waals surface area contributed by atoms with Crippen LogP contribution < -0.4 is 15.5 Å². The minimum Gasteiger partial charge on any atom is -0.465 e. The molecule has 0 bridgehead atoms. The van der Waals surface area contributed by atoms with Crippen molar-refractivity contribution in [1.82, 2.24) is 25.3 Å². The van der Waals surface area contributed by atoms with E-state index >= 15 is 0 Å². The Bertz CT molecular complexity index is 1120. The van der Waals surface area contributed by atoms with Crippen LogP contribution in [0.25, 0.3) is 11.0 Å². The Balaban J connectivity index is 1.59. The van der Waals surface area contributed by atoms with Crippen molar-refractivity contribution in [2.75, 3.05) is 23.3 Å². The summed E-state index contributed by atoms with van der Waals surface area (Å²) >= 11 is 6.04. The van der Waals surface area contributed by atoms with E-state index < -0.39 is 6.09 Å². The van der Waals surface area contributed by atoms with Crippen molar-refractivity contribution in [3.8, 4) is 0 Å². The molecule has 0 aliphatic carbocycles. The number of rotatable bonds is 5. The number of amides is 1. The number of ketones is 1. The van der Waals surface area contributed by atoms with Gasteiger partial charge in [0.15, 0.2) is 5.78 Å². The predicted octanol–water partition coefficient (Wildman–Crippen LogP) is 2.87. The number of pyridine rings is 2. The van der Waals surface area contributed by atoms with E-state index in [0.717, 1.165) is 0 Å². The standard InChI is InChI=1S/C19H18ClN7O3/c1-10(28)13-8-21-14-2-3-15(20)26-17(14)16(13)24-12-6-22-18(23-7-12)27-5-4-11(9-27)25-19(29)30/h2-3,6-8,11,25H,4-5,9H2,1H3,(H,21,24)(H,29,30). The predicted molar refractivity (Wildman–Crippen MR) is 112 cm³/mol. The summed E-state index contributed by atoms with van der Waals surface area (Å²) in [5.74, 6) is 0.336.